The molecule has 0 unspecified atom stereocenters. The van der Waals surface area contributed by atoms with Crippen molar-refractivity contribution in [3.8, 4) is 0 Å². The Balaban J connectivity index is 3.17. The molecule has 0 aliphatic heterocycles. The lowest BCUT2D eigenvalue weighted by molar-refractivity contribution is 0.444. The van der Waals surface area contributed by atoms with Gasteiger partial charge in [0.2, 0.25) is 10.0 Å². The molecule has 0 bridgehead atoms. The van der Waals surface area contributed by atoms with Crippen LogP contribution in [0.4, 0.5) is 0 Å². The third-order valence-corrected chi connectivity index (χ3v) is 5.35. The first-order chi connectivity index (χ1) is 8.97. The van der Waals surface area contributed by atoms with Crippen molar-refractivity contribution >= 4 is 10.0 Å². The van der Waals surface area contributed by atoms with Gasteiger partial charge in [-0.05, 0) is 30.7 Å². The molecule has 0 heterocycles. The van der Waals surface area contributed by atoms with E-state index >= 15 is 0 Å². The largest absolute Gasteiger partial charge is 0.313 e. The fraction of sp³-hybridized carbons (Fsp3) is 0.571. The van der Waals surface area contributed by atoms with E-state index in [1.807, 2.05) is 39.8 Å². The maximum absolute atomic E-state index is 12.5. The van der Waals surface area contributed by atoms with Gasteiger partial charge in [-0.25, -0.2) is 8.42 Å². The highest BCUT2D eigenvalue weighted by Crippen LogP contribution is 2.21. The Bertz CT molecular complexity index is 508. The molecule has 0 amide bonds. The van der Waals surface area contributed by atoms with Crippen LogP contribution in [-0.4, -0.2) is 32.4 Å². The van der Waals surface area contributed by atoms with Gasteiger partial charge in [0, 0.05) is 19.6 Å². The Kier molecular flexibility index (Phi) is 5.97. The predicted octanol–water partition coefficient (Wildman–Crippen LogP) is 2.14. The van der Waals surface area contributed by atoms with E-state index < -0.39 is 10.0 Å². The lowest BCUT2D eigenvalue weighted by Crippen LogP contribution is -2.31. The Morgan fingerprint density at radius 2 is 1.79 bits per heavy atom. The van der Waals surface area contributed by atoms with Crippen molar-refractivity contribution in [2.45, 2.75) is 39.1 Å². The molecular formula is C14H24N2O2S. The highest BCUT2D eigenvalue weighted by molar-refractivity contribution is 7.89. The Morgan fingerprint density at radius 1 is 1.16 bits per heavy atom. The molecule has 5 heteroatoms. The van der Waals surface area contributed by atoms with Crippen molar-refractivity contribution in [2.24, 2.45) is 0 Å². The first-order valence-electron chi connectivity index (χ1n) is 6.77. The predicted molar refractivity (Wildman–Crippen MR) is 78.7 cm³/mol. The van der Waals surface area contributed by atoms with Crippen LogP contribution >= 0.6 is 0 Å². The van der Waals surface area contributed by atoms with E-state index in [4.69, 9.17) is 0 Å². The fourth-order valence-corrected chi connectivity index (χ4v) is 3.74. The van der Waals surface area contributed by atoms with Crippen molar-refractivity contribution in [1.82, 2.24) is 9.62 Å². The zero-order chi connectivity index (χ0) is 14.5. The second-order valence-electron chi connectivity index (χ2n) is 4.47. The van der Waals surface area contributed by atoms with E-state index in [-0.39, 0.29) is 0 Å². The second kappa shape index (κ2) is 7.03. The second-order valence-corrected chi connectivity index (χ2v) is 6.38. The molecule has 0 saturated carbocycles. The van der Waals surface area contributed by atoms with Gasteiger partial charge in [-0.3, -0.25) is 0 Å². The molecule has 0 spiro atoms. The van der Waals surface area contributed by atoms with Crippen LogP contribution in [0.1, 0.15) is 31.9 Å². The lowest BCUT2D eigenvalue weighted by atomic mass is 10.1. The van der Waals surface area contributed by atoms with Gasteiger partial charge in [0.25, 0.3) is 0 Å². The minimum absolute atomic E-state index is 0.423. The van der Waals surface area contributed by atoms with Crippen LogP contribution in [0, 0.1) is 6.92 Å². The summed E-state index contributed by atoms with van der Waals surface area (Å²) in [5, 5.41) is 3.21. The van der Waals surface area contributed by atoms with E-state index in [2.05, 4.69) is 5.32 Å². The molecule has 19 heavy (non-hydrogen) atoms. The van der Waals surface area contributed by atoms with Crippen LogP contribution in [0.15, 0.2) is 23.1 Å². The molecule has 0 aliphatic rings. The molecule has 0 saturated heterocycles. The average Bonchev–Trinajstić information content (AvgIpc) is 2.38. The molecule has 1 aromatic carbocycles. The summed E-state index contributed by atoms with van der Waals surface area (Å²) in [4.78, 5) is 0.423. The first kappa shape index (κ1) is 16.1. The molecule has 1 rings (SSSR count). The van der Waals surface area contributed by atoms with Crippen LogP contribution in [0.25, 0.3) is 0 Å². The number of hydrogen-bond donors (Lipinski definition) is 1. The molecule has 0 radical (unpaired) electrons. The van der Waals surface area contributed by atoms with Gasteiger partial charge >= 0.3 is 0 Å². The molecule has 4 nitrogen and oxygen atoms in total. The smallest absolute Gasteiger partial charge is 0.243 e. The summed E-state index contributed by atoms with van der Waals surface area (Å²) in [6, 6.07) is 5.63. The summed E-state index contributed by atoms with van der Waals surface area (Å²) in [6.07, 6.45) is 0. The van der Waals surface area contributed by atoms with Gasteiger partial charge in [-0.2, -0.15) is 4.31 Å². The maximum atomic E-state index is 12.5. The number of benzene rings is 1. The molecule has 0 fully saturated rings. The average molecular weight is 284 g/mol. The van der Waals surface area contributed by atoms with E-state index in [0.717, 1.165) is 17.7 Å². The number of aryl methyl sites for hydroxylation is 1. The third kappa shape index (κ3) is 3.78. The van der Waals surface area contributed by atoms with Gasteiger partial charge in [0.05, 0.1) is 4.90 Å². The summed E-state index contributed by atoms with van der Waals surface area (Å²) in [5.41, 5.74) is 1.80. The van der Waals surface area contributed by atoms with Crippen LogP contribution < -0.4 is 5.32 Å². The highest BCUT2D eigenvalue weighted by atomic mass is 32.2. The Labute approximate surface area is 116 Å². The summed E-state index contributed by atoms with van der Waals surface area (Å²) in [7, 11) is -3.37. The molecular weight excluding hydrogens is 260 g/mol. The summed E-state index contributed by atoms with van der Waals surface area (Å²) < 4.78 is 26.6. The van der Waals surface area contributed by atoms with Crippen molar-refractivity contribution < 1.29 is 8.42 Å². The van der Waals surface area contributed by atoms with Gasteiger partial charge in [0.1, 0.15) is 0 Å². The molecule has 0 aromatic heterocycles. The fourth-order valence-electron chi connectivity index (χ4n) is 2.00. The van der Waals surface area contributed by atoms with Gasteiger partial charge in [-0.1, -0.05) is 32.9 Å². The van der Waals surface area contributed by atoms with E-state index in [9.17, 15) is 8.42 Å². The minimum atomic E-state index is -3.37. The molecule has 1 aromatic rings. The van der Waals surface area contributed by atoms with Crippen molar-refractivity contribution in [1.29, 1.82) is 0 Å². The van der Waals surface area contributed by atoms with E-state index in [0.29, 0.717) is 24.5 Å². The molecule has 108 valence electrons. The highest BCUT2D eigenvalue weighted by Gasteiger charge is 2.23. The standard InChI is InChI=1S/C14H24N2O2S/c1-5-15-11-13-9-8-12(4)14(10-13)19(17,18)16(6-2)7-3/h8-10,15H,5-7,11H2,1-4H3. The number of nitrogens with zero attached hydrogens (tertiary/aromatic N) is 1. The first-order valence-corrected chi connectivity index (χ1v) is 8.21. The molecule has 1 N–H and O–H groups in total. The van der Waals surface area contributed by atoms with E-state index in [1.54, 1.807) is 6.07 Å². The normalized spacial score (nSPS) is 12.1. The molecule has 0 aliphatic carbocycles. The monoisotopic (exact) mass is 284 g/mol. The van der Waals surface area contributed by atoms with Crippen molar-refractivity contribution in [3.05, 3.63) is 29.3 Å². The van der Waals surface area contributed by atoms with Crippen molar-refractivity contribution in [2.75, 3.05) is 19.6 Å². The number of sulfonamides is 1. The van der Waals surface area contributed by atoms with Crippen LogP contribution in [0.2, 0.25) is 0 Å². The lowest BCUT2D eigenvalue weighted by Gasteiger charge is -2.20. The van der Waals surface area contributed by atoms with Gasteiger partial charge < -0.3 is 5.32 Å². The van der Waals surface area contributed by atoms with Gasteiger partial charge in [0.15, 0.2) is 0 Å². The zero-order valence-corrected chi connectivity index (χ0v) is 13.0. The Hall–Kier alpha value is -0.910. The summed E-state index contributed by atoms with van der Waals surface area (Å²) in [5.74, 6) is 0. The van der Waals surface area contributed by atoms with Crippen molar-refractivity contribution in [3.63, 3.8) is 0 Å². The summed E-state index contributed by atoms with van der Waals surface area (Å²) in [6.45, 7) is 10.1. The third-order valence-electron chi connectivity index (χ3n) is 3.15. The number of hydrogen-bond acceptors (Lipinski definition) is 3. The quantitative estimate of drug-likeness (QED) is 0.834. The van der Waals surface area contributed by atoms with E-state index in [1.165, 1.54) is 4.31 Å². The van der Waals surface area contributed by atoms with Gasteiger partial charge in [-0.15, -0.1) is 0 Å². The number of nitrogens with one attached hydrogen (secondary N) is 1. The Morgan fingerprint density at radius 3 is 2.32 bits per heavy atom. The number of rotatable bonds is 7. The molecule has 0 atom stereocenters. The topological polar surface area (TPSA) is 49.4 Å². The summed E-state index contributed by atoms with van der Waals surface area (Å²) >= 11 is 0. The van der Waals surface area contributed by atoms with Crippen LogP contribution in [0.5, 0.6) is 0 Å². The SMILES string of the molecule is CCNCc1ccc(C)c(S(=O)(=O)N(CC)CC)c1. The minimum Gasteiger partial charge on any atom is -0.313 e. The maximum Gasteiger partial charge on any atom is 0.243 e. The zero-order valence-electron chi connectivity index (χ0n) is 12.2. The van der Waals surface area contributed by atoms with Crippen LogP contribution in [-0.2, 0) is 16.6 Å². The van der Waals surface area contributed by atoms with Crippen LogP contribution in [0.3, 0.4) is 0 Å².